The van der Waals surface area contributed by atoms with Crippen LogP contribution in [0.1, 0.15) is 32.9 Å². The van der Waals surface area contributed by atoms with Crippen LogP contribution in [0.5, 0.6) is 0 Å². The van der Waals surface area contributed by atoms with Gasteiger partial charge in [-0.1, -0.05) is 19.1 Å². The van der Waals surface area contributed by atoms with Crippen molar-refractivity contribution < 1.29 is 4.79 Å². The first-order chi connectivity index (χ1) is 9.60. The van der Waals surface area contributed by atoms with E-state index in [1.807, 2.05) is 6.20 Å². The molecular formula is C13H14N4OS2. The minimum Gasteiger partial charge on any atom is -0.389 e. The highest BCUT2D eigenvalue weighted by Crippen LogP contribution is 2.13. The number of aryl methyl sites for hydroxylation is 1. The predicted octanol–water partition coefficient (Wildman–Crippen LogP) is 1.66. The molecule has 0 aromatic carbocycles. The molecule has 5 nitrogen and oxygen atoms in total. The van der Waals surface area contributed by atoms with Crippen LogP contribution in [0.2, 0.25) is 0 Å². The number of hydrogen-bond donors (Lipinski definition) is 2. The summed E-state index contributed by atoms with van der Waals surface area (Å²) in [5.74, 6) is -0.243. The van der Waals surface area contributed by atoms with Gasteiger partial charge in [0.05, 0.1) is 6.54 Å². The van der Waals surface area contributed by atoms with Gasteiger partial charge in [0.1, 0.15) is 15.7 Å². The number of carbonyl (C=O) groups is 1. The SMILES string of the molecule is CCc1cnc(CNC(=O)c2ccc(C(N)=S)cn2)s1. The number of nitrogens with zero attached hydrogens (tertiary/aromatic N) is 2. The molecule has 0 bridgehead atoms. The zero-order valence-corrected chi connectivity index (χ0v) is 12.6. The molecule has 0 spiro atoms. The lowest BCUT2D eigenvalue weighted by molar-refractivity contribution is 0.0946. The Hall–Kier alpha value is -1.86. The third-order valence-corrected chi connectivity index (χ3v) is 4.01. The molecule has 0 unspecified atom stereocenters. The maximum Gasteiger partial charge on any atom is 0.270 e. The maximum absolute atomic E-state index is 11.9. The van der Waals surface area contributed by atoms with Crippen molar-refractivity contribution in [3.05, 3.63) is 45.7 Å². The Labute approximate surface area is 126 Å². The van der Waals surface area contributed by atoms with Gasteiger partial charge >= 0.3 is 0 Å². The summed E-state index contributed by atoms with van der Waals surface area (Å²) < 4.78 is 0. The fourth-order valence-electron chi connectivity index (χ4n) is 1.51. The number of nitrogens with one attached hydrogen (secondary N) is 1. The molecule has 0 aliphatic heterocycles. The van der Waals surface area contributed by atoms with E-state index in [2.05, 4.69) is 22.2 Å². The van der Waals surface area contributed by atoms with Crippen molar-refractivity contribution in [2.45, 2.75) is 19.9 Å². The molecule has 0 saturated heterocycles. The normalized spacial score (nSPS) is 10.2. The predicted molar refractivity (Wildman–Crippen MR) is 82.8 cm³/mol. The number of amides is 1. The van der Waals surface area contributed by atoms with Crippen molar-refractivity contribution in [1.82, 2.24) is 15.3 Å². The van der Waals surface area contributed by atoms with E-state index >= 15 is 0 Å². The lowest BCUT2D eigenvalue weighted by Crippen LogP contribution is -2.24. The fraction of sp³-hybridized carbons (Fsp3) is 0.231. The Morgan fingerprint density at radius 2 is 2.20 bits per heavy atom. The molecule has 2 rings (SSSR count). The smallest absolute Gasteiger partial charge is 0.270 e. The molecule has 0 aliphatic rings. The molecule has 2 heterocycles. The third kappa shape index (κ3) is 3.58. The zero-order valence-electron chi connectivity index (χ0n) is 10.9. The van der Waals surface area contributed by atoms with Gasteiger partial charge in [-0.15, -0.1) is 11.3 Å². The second-order valence-corrected chi connectivity index (χ2v) is 5.69. The Bertz CT molecular complexity index is 622. The summed E-state index contributed by atoms with van der Waals surface area (Å²) in [6.07, 6.45) is 4.28. The van der Waals surface area contributed by atoms with E-state index in [0.717, 1.165) is 11.4 Å². The number of rotatable bonds is 5. The molecule has 3 N–H and O–H groups in total. The number of thiazole rings is 1. The number of carbonyl (C=O) groups excluding carboxylic acids is 1. The van der Waals surface area contributed by atoms with Crippen LogP contribution in [0.25, 0.3) is 0 Å². The summed E-state index contributed by atoms with van der Waals surface area (Å²) in [5.41, 5.74) is 6.45. The molecule has 2 aromatic rings. The molecule has 0 atom stereocenters. The first kappa shape index (κ1) is 14.5. The number of aromatic nitrogens is 2. The van der Waals surface area contributed by atoms with Gasteiger partial charge < -0.3 is 11.1 Å². The molecule has 104 valence electrons. The van der Waals surface area contributed by atoms with Crippen LogP contribution in [0.15, 0.2) is 24.5 Å². The highest BCUT2D eigenvalue weighted by atomic mass is 32.1. The van der Waals surface area contributed by atoms with Gasteiger partial charge in [0, 0.05) is 22.8 Å². The molecule has 0 fully saturated rings. The van der Waals surface area contributed by atoms with Crippen molar-refractivity contribution in [2.24, 2.45) is 5.73 Å². The molecule has 0 aliphatic carbocycles. The van der Waals surface area contributed by atoms with Gasteiger partial charge in [0.15, 0.2) is 0 Å². The average Bonchev–Trinajstić information content (AvgIpc) is 2.93. The van der Waals surface area contributed by atoms with E-state index in [-0.39, 0.29) is 10.9 Å². The van der Waals surface area contributed by atoms with Crippen LogP contribution >= 0.6 is 23.6 Å². The summed E-state index contributed by atoms with van der Waals surface area (Å²) in [6, 6.07) is 3.28. The van der Waals surface area contributed by atoms with Crippen molar-refractivity contribution >= 4 is 34.5 Å². The van der Waals surface area contributed by atoms with E-state index in [1.165, 1.54) is 11.1 Å². The van der Waals surface area contributed by atoms with Crippen molar-refractivity contribution in [1.29, 1.82) is 0 Å². The number of nitrogens with two attached hydrogens (primary N) is 1. The van der Waals surface area contributed by atoms with Gasteiger partial charge in [0.25, 0.3) is 5.91 Å². The molecular weight excluding hydrogens is 292 g/mol. The molecule has 2 aromatic heterocycles. The van der Waals surface area contributed by atoms with Crippen LogP contribution in [-0.2, 0) is 13.0 Å². The Balaban J connectivity index is 1.96. The van der Waals surface area contributed by atoms with E-state index in [0.29, 0.717) is 17.8 Å². The third-order valence-electron chi connectivity index (χ3n) is 2.63. The van der Waals surface area contributed by atoms with Crippen molar-refractivity contribution in [2.75, 3.05) is 0 Å². The van der Waals surface area contributed by atoms with Crippen molar-refractivity contribution in [3.8, 4) is 0 Å². The molecule has 0 saturated carbocycles. The average molecular weight is 306 g/mol. The van der Waals surface area contributed by atoms with Gasteiger partial charge in [-0.05, 0) is 18.6 Å². The van der Waals surface area contributed by atoms with Gasteiger partial charge in [0.2, 0.25) is 0 Å². The Morgan fingerprint density at radius 3 is 2.75 bits per heavy atom. The summed E-state index contributed by atoms with van der Waals surface area (Å²) in [6.45, 7) is 2.48. The first-order valence-corrected chi connectivity index (χ1v) is 7.30. The van der Waals surface area contributed by atoms with Crippen LogP contribution in [-0.4, -0.2) is 20.9 Å². The van der Waals surface area contributed by atoms with E-state index in [9.17, 15) is 4.79 Å². The van der Waals surface area contributed by atoms with Crippen LogP contribution in [0.3, 0.4) is 0 Å². The molecule has 0 radical (unpaired) electrons. The minimum atomic E-state index is -0.243. The maximum atomic E-state index is 11.9. The Morgan fingerprint density at radius 1 is 1.40 bits per heavy atom. The summed E-state index contributed by atoms with van der Waals surface area (Å²) in [7, 11) is 0. The highest BCUT2D eigenvalue weighted by Gasteiger charge is 2.08. The second-order valence-electron chi connectivity index (χ2n) is 4.05. The van der Waals surface area contributed by atoms with Crippen LogP contribution in [0, 0.1) is 0 Å². The van der Waals surface area contributed by atoms with Gasteiger partial charge in [-0.25, -0.2) is 4.98 Å². The number of pyridine rings is 1. The monoisotopic (exact) mass is 306 g/mol. The summed E-state index contributed by atoms with van der Waals surface area (Å²) >= 11 is 6.43. The van der Waals surface area contributed by atoms with E-state index in [1.54, 1.807) is 23.5 Å². The largest absolute Gasteiger partial charge is 0.389 e. The first-order valence-electron chi connectivity index (χ1n) is 6.07. The lowest BCUT2D eigenvalue weighted by Gasteiger charge is -2.03. The van der Waals surface area contributed by atoms with Gasteiger partial charge in [-0.3, -0.25) is 9.78 Å². The topological polar surface area (TPSA) is 80.9 Å². The fourth-order valence-corrected chi connectivity index (χ4v) is 2.44. The lowest BCUT2D eigenvalue weighted by atomic mass is 10.2. The van der Waals surface area contributed by atoms with Crippen molar-refractivity contribution in [3.63, 3.8) is 0 Å². The quantitative estimate of drug-likeness (QED) is 0.821. The summed E-state index contributed by atoms with van der Waals surface area (Å²) in [4.78, 5) is 21.7. The van der Waals surface area contributed by atoms with E-state index < -0.39 is 0 Å². The molecule has 20 heavy (non-hydrogen) atoms. The Kier molecular flexibility index (Phi) is 4.75. The van der Waals surface area contributed by atoms with Crippen LogP contribution < -0.4 is 11.1 Å². The highest BCUT2D eigenvalue weighted by molar-refractivity contribution is 7.80. The molecule has 7 heteroatoms. The second kappa shape index (κ2) is 6.53. The van der Waals surface area contributed by atoms with Crippen LogP contribution in [0.4, 0.5) is 0 Å². The van der Waals surface area contributed by atoms with Gasteiger partial charge in [-0.2, -0.15) is 0 Å². The molecule has 1 amide bonds. The minimum absolute atomic E-state index is 0.243. The zero-order chi connectivity index (χ0) is 14.5. The number of thiocarbonyl (C=S) groups is 1. The number of hydrogen-bond acceptors (Lipinski definition) is 5. The van der Waals surface area contributed by atoms with E-state index in [4.69, 9.17) is 18.0 Å². The summed E-state index contributed by atoms with van der Waals surface area (Å²) in [5, 5.41) is 3.67. The standard InChI is InChI=1S/C13H14N4OS2/c1-2-9-6-16-11(20-9)7-17-13(18)10-4-3-8(5-15-10)12(14)19/h3-6H,2,7H2,1H3,(H2,14,19)(H,17,18).